The standard InChI is InChI=1S/C17H23FN4/c1-3-22-17(19-12-20-22)11-21-7-6-15(10-21)9-14-4-5-16(18)13(2)8-14/h4-5,8,12,15H,3,6-7,9-11H2,1-2H3. The van der Waals surface area contributed by atoms with E-state index in [0.717, 1.165) is 44.0 Å². The van der Waals surface area contributed by atoms with Gasteiger partial charge in [0.1, 0.15) is 18.0 Å². The van der Waals surface area contributed by atoms with E-state index in [4.69, 9.17) is 0 Å². The first-order valence-electron chi connectivity index (χ1n) is 7.99. The minimum absolute atomic E-state index is 0.115. The monoisotopic (exact) mass is 302 g/mol. The zero-order valence-electron chi connectivity index (χ0n) is 13.3. The summed E-state index contributed by atoms with van der Waals surface area (Å²) in [5.74, 6) is 1.57. The first kappa shape index (κ1) is 15.2. The quantitative estimate of drug-likeness (QED) is 0.851. The van der Waals surface area contributed by atoms with Crippen molar-refractivity contribution in [2.24, 2.45) is 5.92 Å². The normalized spacial score (nSPS) is 19.0. The number of hydrogen-bond acceptors (Lipinski definition) is 3. The van der Waals surface area contributed by atoms with E-state index in [2.05, 4.69) is 21.9 Å². The van der Waals surface area contributed by atoms with Crippen LogP contribution in [0.4, 0.5) is 4.39 Å². The Morgan fingerprint density at radius 3 is 3.00 bits per heavy atom. The highest BCUT2D eigenvalue weighted by Crippen LogP contribution is 2.23. The number of likely N-dealkylation sites (tertiary alicyclic amines) is 1. The average Bonchev–Trinajstić information content (AvgIpc) is 3.13. The van der Waals surface area contributed by atoms with E-state index in [1.165, 1.54) is 12.0 Å². The highest BCUT2D eigenvalue weighted by molar-refractivity contribution is 5.24. The highest BCUT2D eigenvalue weighted by atomic mass is 19.1. The maximum absolute atomic E-state index is 13.3. The van der Waals surface area contributed by atoms with Gasteiger partial charge in [-0.2, -0.15) is 5.10 Å². The Labute approximate surface area is 131 Å². The molecule has 3 rings (SSSR count). The lowest BCUT2D eigenvalue weighted by Crippen LogP contribution is -2.23. The van der Waals surface area contributed by atoms with E-state index in [0.29, 0.717) is 5.92 Å². The lowest BCUT2D eigenvalue weighted by molar-refractivity contribution is 0.301. The van der Waals surface area contributed by atoms with Gasteiger partial charge in [-0.25, -0.2) is 14.1 Å². The Bertz CT molecular complexity index is 637. The number of benzene rings is 1. The van der Waals surface area contributed by atoms with Gasteiger partial charge in [0.2, 0.25) is 0 Å². The lowest BCUT2D eigenvalue weighted by atomic mass is 9.97. The SMILES string of the molecule is CCn1ncnc1CN1CCC(Cc2ccc(F)c(C)c2)C1. The van der Waals surface area contributed by atoms with Gasteiger partial charge >= 0.3 is 0 Å². The molecule has 1 atom stereocenters. The molecule has 5 heteroatoms. The maximum atomic E-state index is 13.3. The molecule has 1 unspecified atom stereocenters. The zero-order chi connectivity index (χ0) is 15.5. The van der Waals surface area contributed by atoms with E-state index in [1.807, 2.05) is 23.7 Å². The van der Waals surface area contributed by atoms with Gasteiger partial charge in [0, 0.05) is 13.1 Å². The molecule has 2 heterocycles. The van der Waals surface area contributed by atoms with Crippen molar-refractivity contribution in [1.82, 2.24) is 19.7 Å². The molecule has 1 fully saturated rings. The van der Waals surface area contributed by atoms with E-state index in [1.54, 1.807) is 12.4 Å². The zero-order valence-corrected chi connectivity index (χ0v) is 13.3. The second-order valence-corrected chi connectivity index (χ2v) is 6.17. The summed E-state index contributed by atoms with van der Waals surface area (Å²) < 4.78 is 15.3. The van der Waals surface area contributed by atoms with Gasteiger partial charge in [-0.05, 0) is 56.3 Å². The third kappa shape index (κ3) is 3.35. The van der Waals surface area contributed by atoms with Crippen LogP contribution in [0.2, 0.25) is 0 Å². The maximum Gasteiger partial charge on any atom is 0.140 e. The van der Waals surface area contributed by atoms with Gasteiger partial charge in [-0.15, -0.1) is 0 Å². The molecule has 118 valence electrons. The first-order chi connectivity index (χ1) is 10.7. The van der Waals surface area contributed by atoms with E-state index in [9.17, 15) is 4.39 Å². The molecule has 0 radical (unpaired) electrons. The van der Waals surface area contributed by atoms with Crippen LogP contribution in [0.25, 0.3) is 0 Å². The third-order valence-corrected chi connectivity index (χ3v) is 4.48. The first-order valence-corrected chi connectivity index (χ1v) is 7.99. The molecule has 1 aromatic heterocycles. The Kier molecular flexibility index (Phi) is 4.52. The topological polar surface area (TPSA) is 34.0 Å². The molecule has 1 saturated heterocycles. The molecule has 0 amide bonds. The summed E-state index contributed by atoms with van der Waals surface area (Å²) in [5.41, 5.74) is 1.98. The summed E-state index contributed by atoms with van der Waals surface area (Å²) in [5, 5.41) is 4.22. The second-order valence-electron chi connectivity index (χ2n) is 6.17. The number of aromatic nitrogens is 3. The van der Waals surface area contributed by atoms with E-state index in [-0.39, 0.29) is 5.82 Å². The summed E-state index contributed by atoms with van der Waals surface area (Å²) in [4.78, 5) is 6.79. The van der Waals surface area contributed by atoms with Crippen LogP contribution in [-0.2, 0) is 19.5 Å². The molecular formula is C17H23FN4. The van der Waals surface area contributed by atoms with Gasteiger partial charge in [0.05, 0.1) is 6.54 Å². The van der Waals surface area contributed by atoms with Crippen molar-refractivity contribution in [3.8, 4) is 0 Å². The summed E-state index contributed by atoms with van der Waals surface area (Å²) in [6.45, 7) is 7.82. The molecule has 0 bridgehead atoms. The van der Waals surface area contributed by atoms with Crippen molar-refractivity contribution < 1.29 is 4.39 Å². The molecular weight excluding hydrogens is 279 g/mol. The minimum Gasteiger partial charge on any atom is -0.296 e. The van der Waals surface area contributed by atoms with E-state index < -0.39 is 0 Å². The van der Waals surface area contributed by atoms with Crippen LogP contribution in [-0.4, -0.2) is 32.8 Å². The fourth-order valence-electron chi connectivity index (χ4n) is 3.26. The van der Waals surface area contributed by atoms with Crippen molar-refractivity contribution in [1.29, 1.82) is 0 Å². The second kappa shape index (κ2) is 6.57. The molecule has 0 N–H and O–H groups in total. The molecule has 4 nitrogen and oxygen atoms in total. The Morgan fingerprint density at radius 1 is 1.36 bits per heavy atom. The molecule has 1 aliphatic rings. The van der Waals surface area contributed by atoms with Crippen LogP contribution in [0.15, 0.2) is 24.5 Å². The number of aryl methyl sites for hydroxylation is 2. The molecule has 2 aromatic rings. The van der Waals surface area contributed by atoms with Crippen LogP contribution in [0, 0.1) is 18.7 Å². The predicted octanol–water partition coefficient (Wildman–Crippen LogP) is 2.81. The Balaban J connectivity index is 1.57. The van der Waals surface area contributed by atoms with Crippen molar-refractivity contribution in [2.75, 3.05) is 13.1 Å². The Morgan fingerprint density at radius 2 is 2.23 bits per heavy atom. The lowest BCUT2D eigenvalue weighted by Gasteiger charge is -2.16. The smallest absolute Gasteiger partial charge is 0.140 e. The number of rotatable bonds is 5. The summed E-state index contributed by atoms with van der Waals surface area (Å²) >= 11 is 0. The highest BCUT2D eigenvalue weighted by Gasteiger charge is 2.24. The molecule has 0 saturated carbocycles. The molecule has 1 aromatic carbocycles. The number of nitrogens with zero attached hydrogens (tertiary/aromatic N) is 4. The van der Waals surface area contributed by atoms with Gasteiger partial charge in [0.25, 0.3) is 0 Å². The fraction of sp³-hybridized carbons (Fsp3) is 0.529. The van der Waals surface area contributed by atoms with Crippen molar-refractivity contribution in [3.63, 3.8) is 0 Å². The van der Waals surface area contributed by atoms with Crippen LogP contribution < -0.4 is 0 Å². The largest absolute Gasteiger partial charge is 0.296 e. The van der Waals surface area contributed by atoms with Crippen LogP contribution >= 0.6 is 0 Å². The predicted molar refractivity (Wildman–Crippen MR) is 83.9 cm³/mol. The summed E-state index contributed by atoms with van der Waals surface area (Å²) in [7, 11) is 0. The van der Waals surface area contributed by atoms with Gasteiger partial charge in [-0.1, -0.05) is 12.1 Å². The van der Waals surface area contributed by atoms with Crippen molar-refractivity contribution >= 4 is 0 Å². The van der Waals surface area contributed by atoms with Gasteiger partial charge in [0.15, 0.2) is 0 Å². The number of halogens is 1. The minimum atomic E-state index is -0.115. The molecule has 0 spiro atoms. The van der Waals surface area contributed by atoms with Gasteiger partial charge < -0.3 is 0 Å². The summed E-state index contributed by atoms with van der Waals surface area (Å²) in [6, 6.07) is 5.48. The van der Waals surface area contributed by atoms with Crippen LogP contribution in [0.3, 0.4) is 0 Å². The summed E-state index contributed by atoms with van der Waals surface area (Å²) in [6.07, 6.45) is 3.85. The van der Waals surface area contributed by atoms with Crippen molar-refractivity contribution in [3.05, 3.63) is 47.3 Å². The number of hydrogen-bond donors (Lipinski definition) is 0. The fourth-order valence-corrected chi connectivity index (χ4v) is 3.26. The van der Waals surface area contributed by atoms with Crippen LogP contribution in [0.1, 0.15) is 30.3 Å². The molecule has 1 aliphatic heterocycles. The molecule has 22 heavy (non-hydrogen) atoms. The average molecular weight is 302 g/mol. The van der Waals surface area contributed by atoms with Crippen LogP contribution in [0.5, 0.6) is 0 Å². The third-order valence-electron chi connectivity index (χ3n) is 4.48. The molecule has 0 aliphatic carbocycles. The van der Waals surface area contributed by atoms with Gasteiger partial charge in [-0.3, -0.25) is 4.90 Å². The Hall–Kier alpha value is -1.75. The van der Waals surface area contributed by atoms with E-state index >= 15 is 0 Å². The van der Waals surface area contributed by atoms with Crippen molar-refractivity contribution in [2.45, 2.75) is 39.8 Å².